The number of carbonyl (C=O) groups is 1. The Morgan fingerprint density at radius 3 is 2.38 bits per heavy atom. The van der Waals surface area contributed by atoms with Gasteiger partial charge in [0.25, 0.3) is 5.69 Å². The number of nitrogens with zero attached hydrogens (tertiary/aromatic N) is 1. The lowest BCUT2D eigenvalue weighted by Crippen LogP contribution is -2.22. The fraction of sp³-hybridized carbons (Fsp3) is 0.0952. The van der Waals surface area contributed by atoms with Crippen molar-refractivity contribution in [2.75, 3.05) is 22.5 Å². The number of halogens is 1. The molecule has 0 saturated heterocycles. The maximum Gasteiger partial charge on any atom is 0.292 e. The maximum absolute atomic E-state index is 12.2. The van der Waals surface area contributed by atoms with Crippen molar-refractivity contribution in [1.82, 2.24) is 0 Å². The third kappa shape index (κ3) is 5.70. The molecule has 0 fully saturated rings. The molecule has 0 aliphatic heterocycles. The summed E-state index contributed by atoms with van der Waals surface area (Å²) in [6.45, 7) is 0.516. The summed E-state index contributed by atoms with van der Waals surface area (Å²) in [6.07, 6.45) is 0. The summed E-state index contributed by atoms with van der Waals surface area (Å²) in [7, 11) is 0. The summed E-state index contributed by atoms with van der Waals surface area (Å²) in [4.78, 5) is 22.7. The molecule has 1 amide bonds. The van der Waals surface area contributed by atoms with Crippen LogP contribution in [0.5, 0.6) is 0 Å². The van der Waals surface area contributed by atoms with Gasteiger partial charge in [-0.25, -0.2) is 0 Å². The summed E-state index contributed by atoms with van der Waals surface area (Å²) >= 11 is 6.30. The van der Waals surface area contributed by atoms with Gasteiger partial charge < -0.3 is 16.0 Å². The summed E-state index contributed by atoms with van der Waals surface area (Å²) in [5, 5.41) is 20.2. The molecular weight excluding hydrogens is 392 g/mol. The molecule has 0 spiro atoms. The van der Waals surface area contributed by atoms with E-state index >= 15 is 0 Å². The summed E-state index contributed by atoms with van der Waals surface area (Å²) < 4.78 is 0. The molecule has 0 radical (unpaired) electrons. The van der Waals surface area contributed by atoms with Crippen molar-refractivity contribution in [2.45, 2.75) is 6.54 Å². The van der Waals surface area contributed by atoms with Crippen LogP contribution in [0.25, 0.3) is 0 Å². The minimum atomic E-state index is -0.499. The van der Waals surface area contributed by atoms with Crippen molar-refractivity contribution >= 4 is 40.3 Å². The van der Waals surface area contributed by atoms with Gasteiger partial charge in [0.2, 0.25) is 5.91 Å². The summed E-state index contributed by atoms with van der Waals surface area (Å²) in [5.41, 5.74) is 2.62. The van der Waals surface area contributed by atoms with Gasteiger partial charge in [-0.15, -0.1) is 0 Å². The second-order valence-electron chi connectivity index (χ2n) is 6.21. The van der Waals surface area contributed by atoms with Gasteiger partial charge in [-0.3, -0.25) is 14.9 Å². The number of anilines is 3. The predicted octanol–water partition coefficient (Wildman–Crippen LogP) is 4.91. The molecule has 0 aliphatic carbocycles. The molecular formula is C21H19ClN4O3. The lowest BCUT2D eigenvalue weighted by molar-refractivity contribution is -0.383. The normalized spacial score (nSPS) is 10.2. The molecule has 0 saturated carbocycles. The maximum atomic E-state index is 12.2. The Labute approximate surface area is 172 Å². The molecule has 8 heteroatoms. The van der Waals surface area contributed by atoms with Crippen molar-refractivity contribution in [2.24, 2.45) is 0 Å². The van der Waals surface area contributed by atoms with Gasteiger partial charge in [0.1, 0.15) is 5.69 Å². The number of rotatable bonds is 8. The van der Waals surface area contributed by atoms with Crippen molar-refractivity contribution < 1.29 is 9.72 Å². The quantitative estimate of drug-likeness (QED) is 0.362. The Morgan fingerprint density at radius 2 is 1.66 bits per heavy atom. The highest BCUT2D eigenvalue weighted by Gasteiger charge is 2.13. The van der Waals surface area contributed by atoms with Crippen LogP contribution in [-0.4, -0.2) is 17.4 Å². The second-order valence-corrected chi connectivity index (χ2v) is 6.62. The van der Waals surface area contributed by atoms with Crippen LogP contribution < -0.4 is 16.0 Å². The van der Waals surface area contributed by atoms with Crippen LogP contribution in [0.2, 0.25) is 5.02 Å². The molecule has 0 bridgehead atoms. The van der Waals surface area contributed by atoms with Crippen LogP contribution in [0.3, 0.4) is 0 Å². The summed E-state index contributed by atoms with van der Waals surface area (Å²) in [5.74, 6) is -0.343. The van der Waals surface area contributed by atoms with E-state index in [1.807, 2.05) is 30.3 Å². The van der Waals surface area contributed by atoms with Crippen molar-refractivity contribution in [1.29, 1.82) is 0 Å². The molecule has 148 valence electrons. The number of nitrogens with one attached hydrogen (secondary N) is 3. The first-order chi connectivity index (χ1) is 14.0. The molecule has 7 nitrogen and oxygen atoms in total. The minimum absolute atomic E-state index is 0.0859. The van der Waals surface area contributed by atoms with Gasteiger partial charge in [-0.05, 0) is 29.8 Å². The van der Waals surface area contributed by atoms with E-state index in [4.69, 9.17) is 11.6 Å². The molecule has 3 aromatic rings. The topological polar surface area (TPSA) is 96.3 Å². The van der Waals surface area contributed by atoms with E-state index in [9.17, 15) is 14.9 Å². The molecule has 0 unspecified atom stereocenters. The van der Waals surface area contributed by atoms with E-state index in [0.717, 1.165) is 11.3 Å². The van der Waals surface area contributed by atoms with E-state index in [0.29, 0.717) is 17.3 Å². The van der Waals surface area contributed by atoms with E-state index in [-0.39, 0.29) is 23.8 Å². The molecule has 0 aromatic heterocycles. The largest absolute Gasteiger partial charge is 0.380 e. The van der Waals surface area contributed by atoms with Crippen LogP contribution in [0.15, 0.2) is 72.8 Å². The third-order valence-corrected chi connectivity index (χ3v) is 4.43. The van der Waals surface area contributed by atoms with Crippen LogP contribution in [-0.2, 0) is 11.3 Å². The molecule has 0 aliphatic rings. The van der Waals surface area contributed by atoms with E-state index in [1.165, 1.54) is 6.07 Å². The number of amides is 1. The molecule has 0 atom stereocenters. The average Bonchev–Trinajstić information content (AvgIpc) is 2.72. The fourth-order valence-electron chi connectivity index (χ4n) is 2.69. The van der Waals surface area contributed by atoms with Crippen molar-refractivity contribution in [3.05, 3.63) is 93.5 Å². The van der Waals surface area contributed by atoms with Crippen LogP contribution in [0, 0.1) is 10.1 Å². The lowest BCUT2D eigenvalue weighted by atomic mass is 10.2. The highest BCUT2D eigenvalue weighted by Crippen LogP contribution is 2.26. The Kier molecular flexibility index (Phi) is 6.65. The van der Waals surface area contributed by atoms with Gasteiger partial charge in [-0.1, -0.05) is 54.1 Å². The highest BCUT2D eigenvalue weighted by atomic mass is 35.5. The molecule has 3 rings (SSSR count). The molecule has 0 heterocycles. The third-order valence-electron chi connectivity index (χ3n) is 4.12. The van der Waals surface area contributed by atoms with E-state index in [1.54, 1.807) is 36.4 Å². The van der Waals surface area contributed by atoms with Crippen LogP contribution in [0.4, 0.5) is 22.7 Å². The highest BCUT2D eigenvalue weighted by molar-refractivity contribution is 6.33. The first kappa shape index (κ1) is 20.2. The van der Waals surface area contributed by atoms with Crippen LogP contribution in [0.1, 0.15) is 5.56 Å². The number of hydrogen-bond donors (Lipinski definition) is 3. The lowest BCUT2D eigenvalue weighted by Gasteiger charge is -2.12. The zero-order valence-corrected chi connectivity index (χ0v) is 16.1. The van der Waals surface area contributed by atoms with Gasteiger partial charge in [0, 0.05) is 18.3 Å². The summed E-state index contributed by atoms with van der Waals surface area (Å²) in [6, 6.07) is 21.3. The second kappa shape index (κ2) is 9.57. The minimum Gasteiger partial charge on any atom is -0.380 e. The fourth-order valence-corrected chi connectivity index (χ4v) is 2.94. The van der Waals surface area contributed by atoms with Gasteiger partial charge in [-0.2, -0.15) is 0 Å². The zero-order valence-electron chi connectivity index (χ0n) is 15.4. The van der Waals surface area contributed by atoms with Crippen LogP contribution >= 0.6 is 11.6 Å². The number of carbonyl (C=O) groups excluding carboxylic acids is 1. The molecule has 3 N–H and O–H groups in total. The number of nitro groups is 1. The Bertz CT molecular complexity index is 1010. The predicted molar refractivity (Wildman–Crippen MR) is 115 cm³/mol. The molecule has 3 aromatic carbocycles. The standard InChI is InChI=1S/C21H19ClN4O3/c22-17-12-16(10-11-18(17)23-13-15-6-2-1-3-7-15)25-21(27)14-24-19-8-4-5-9-20(19)26(28)29/h1-12,23-24H,13-14H2,(H,25,27). The monoisotopic (exact) mass is 410 g/mol. The Balaban J connectivity index is 1.55. The Morgan fingerprint density at radius 1 is 0.931 bits per heavy atom. The first-order valence-corrected chi connectivity index (χ1v) is 9.25. The SMILES string of the molecule is O=C(CNc1ccccc1[N+](=O)[O-])Nc1ccc(NCc2ccccc2)c(Cl)c1. The van der Waals surface area contributed by atoms with Gasteiger partial charge in [0.15, 0.2) is 0 Å². The smallest absolute Gasteiger partial charge is 0.292 e. The Hall–Kier alpha value is -3.58. The average molecular weight is 411 g/mol. The van der Waals surface area contributed by atoms with E-state index in [2.05, 4.69) is 16.0 Å². The number of para-hydroxylation sites is 2. The zero-order chi connectivity index (χ0) is 20.6. The van der Waals surface area contributed by atoms with Gasteiger partial charge in [0.05, 0.1) is 22.2 Å². The van der Waals surface area contributed by atoms with Gasteiger partial charge >= 0.3 is 0 Å². The first-order valence-electron chi connectivity index (χ1n) is 8.87. The van der Waals surface area contributed by atoms with Crippen molar-refractivity contribution in [3.63, 3.8) is 0 Å². The number of nitro benzene ring substituents is 1. The number of benzene rings is 3. The number of hydrogen-bond acceptors (Lipinski definition) is 5. The van der Waals surface area contributed by atoms with E-state index < -0.39 is 4.92 Å². The van der Waals surface area contributed by atoms with Crippen molar-refractivity contribution in [3.8, 4) is 0 Å². The molecule has 29 heavy (non-hydrogen) atoms.